The van der Waals surface area contributed by atoms with Crippen molar-refractivity contribution in [2.45, 2.75) is 43.0 Å². The molecule has 0 spiro atoms. The number of hydrogen-bond acceptors (Lipinski definition) is 13. The van der Waals surface area contributed by atoms with Gasteiger partial charge in [-0.25, -0.2) is 14.6 Å². The Bertz CT molecular complexity index is 1900. The van der Waals surface area contributed by atoms with E-state index in [4.69, 9.17) is 26.8 Å². The number of nitrogens with two attached hydrogens (primary N) is 1. The molecule has 16 nitrogen and oxygen atoms in total. The number of aliphatic carboxylic acids is 1. The van der Waals surface area contributed by atoms with Crippen LogP contribution in [0.5, 0.6) is 0 Å². The molecule has 6 rings (SSSR count). The highest BCUT2D eigenvalue weighted by Gasteiger charge is 2.55. The van der Waals surface area contributed by atoms with Gasteiger partial charge in [0.05, 0.1) is 18.5 Å². The largest absolute Gasteiger partial charge is 0.479 e. The second kappa shape index (κ2) is 11.8. The van der Waals surface area contributed by atoms with Crippen molar-refractivity contribution in [1.29, 1.82) is 0 Å². The van der Waals surface area contributed by atoms with E-state index < -0.39 is 48.2 Å². The quantitative estimate of drug-likeness (QED) is 0.155. The lowest BCUT2D eigenvalue weighted by molar-refractivity contribution is -0.166. The number of nitrogens with zero attached hydrogens (tertiary/aromatic N) is 7. The van der Waals surface area contributed by atoms with Gasteiger partial charge in [0, 0.05) is 6.42 Å². The number of aliphatic hydroxyl groups excluding tert-OH is 1. The zero-order valence-electron chi connectivity index (χ0n) is 24.1. The molecule has 1 fully saturated rings. The Kier molecular flexibility index (Phi) is 7.99. The smallest absolute Gasteiger partial charge is 0.342 e. The summed E-state index contributed by atoms with van der Waals surface area (Å²) < 4.78 is 13.5. The Morgan fingerprint density at radius 1 is 1.17 bits per heavy atom. The van der Waals surface area contributed by atoms with E-state index >= 15 is 0 Å². The Labute approximate surface area is 264 Å². The average molecular weight is 651 g/mol. The number of carboxylic acids is 2. The van der Waals surface area contributed by atoms with E-state index in [9.17, 15) is 30.0 Å². The number of rotatable bonds is 10. The summed E-state index contributed by atoms with van der Waals surface area (Å²) in [5.41, 5.74) is 3.98. The number of benzene rings is 2. The van der Waals surface area contributed by atoms with E-state index in [1.54, 1.807) is 42.5 Å². The number of ether oxygens (including phenoxy) is 2. The van der Waals surface area contributed by atoms with Crippen molar-refractivity contribution in [2.24, 2.45) is 15.4 Å². The van der Waals surface area contributed by atoms with Gasteiger partial charge in [-0.1, -0.05) is 42.5 Å². The zero-order chi connectivity index (χ0) is 32.8. The third-order valence-corrected chi connectivity index (χ3v) is 8.31. The first-order valence-electron chi connectivity index (χ1n) is 13.9. The number of carbonyl (C=O) groups is 2. The van der Waals surface area contributed by atoms with Gasteiger partial charge in [-0.2, -0.15) is 15.1 Å². The first kappa shape index (κ1) is 31.1. The number of fused-ring (bicyclic) bond motifs is 1. The van der Waals surface area contributed by atoms with Gasteiger partial charge in [0.2, 0.25) is 10.9 Å². The molecule has 5 atom stereocenters. The number of aromatic nitrogens is 4. The number of anilines is 1. The van der Waals surface area contributed by atoms with Gasteiger partial charge in [-0.15, -0.1) is 5.10 Å². The first-order chi connectivity index (χ1) is 21.9. The molecule has 0 amide bonds. The van der Waals surface area contributed by atoms with Gasteiger partial charge < -0.3 is 35.6 Å². The maximum Gasteiger partial charge on any atom is 0.342 e. The summed E-state index contributed by atoms with van der Waals surface area (Å²) >= 11 is 5.98. The first-order valence-corrected chi connectivity index (χ1v) is 14.2. The molecule has 0 aliphatic carbocycles. The van der Waals surface area contributed by atoms with Crippen LogP contribution in [0.2, 0.25) is 5.28 Å². The van der Waals surface area contributed by atoms with Crippen molar-refractivity contribution in [2.75, 3.05) is 18.9 Å². The number of carboxylic acid groups (broad SMARTS) is 2. The topological polar surface area (TPSA) is 240 Å². The van der Waals surface area contributed by atoms with E-state index in [1.807, 2.05) is 0 Å². The van der Waals surface area contributed by atoms with Gasteiger partial charge in [-0.3, -0.25) is 4.57 Å². The summed E-state index contributed by atoms with van der Waals surface area (Å²) in [6.07, 6.45) is -2.94. The normalized spacial score (nSPS) is 23.8. The predicted molar refractivity (Wildman–Crippen MR) is 161 cm³/mol. The van der Waals surface area contributed by atoms with Gasteiger partial charge in [0.1, 0.15) is 35.6 Å². The highest BCUT2D eigenvalue weighted by Crippen LogP contribution is 2.40. The molecule has 0 radical (unpaired) electrons. The molecule has 0 bridgehead atoms. The van der Waals surface area contributed by atoms with Crippen LogP contribution in [0.3, 0.4) is 0 Å². The van der Waals surface area contributed by atoms with E-state index in [0.29, 0.717) is 16.7 Å². The minimum atomic E-state index is -2.09. The molecule has 6 N–H and O–H groups in total. The van der Waals surface area contributed by atoms with Crippen molar-refractivity contribution in [3.63, 3.8) is 0 Å². The minimum absolute atomic E-state index is 0.00594. The molecule has 4 aromatic rings. The SMILES string of the molecule is C[C@@]1(O)[C@@H](COC(Cc2ccc(-c3ccccc3C(=O)O)cc2)(C(=O)O)C2=NN=NC2)O[C@@H](n2cnc3c(N)nc(Cl)nc32)[C@@H]1O. The highest BCUT2D eigenvalue weighted by atomic mass is 35.5. The van der Waals surface area contributed by atoms with Crippen molar-refractivity contribution in [1.82, 2.24) is 19.5 Å². The van der Waals surface area contributed by atoms with Crippen LogP contribution in [-0.2, 0) is 20.7 Å². The van der Waals surface area contributed by atoms with Gasteiger partial charge in [0.15, 0.2) is 17.7 Å². The van der Waals surface area contributed by atoms with Crippen molar-refractivity contribution >= 4 is 46.2 Å². The molecule has 238 valence electrons. The number of imidazole rings is 1. The Morgan fingerprint density at radius 3 is 2.59 bits per heavy atom. The average Bonchev–Trinajstić information content (AvgIpc) is 3.76. The minimum Gasteiger partial charge on any atom is -0.479 e. The third-order valence-electron chi connectivity index (χ3n) is 8.14. The molecular formula is C29H27ClN8O8. The number of nitrogen functional groups attached to an aromatic ring is 1. The number of halogens is 1. The summed E-state index contributed by atoms with van der Waals surface area (Å²) in [7, 11) is 0. The predicted octanol–water partition coefficient (Wildman–Crippen LogP) is 2.34. The molecule has 2 aliphatic heterocycles. The van der Waals surface area contributed by atoms with Crippen molar-refractivity contribution < 1.29 is 39.5 Å². The molecule has 2 aromatic carbocycles. The van der Waals surface area contributed by atoms with Crippen LogP contribution in [0, 0.1) is 0 Å². The highest BCUT2D eigenvalue weighted by molar-refractivity contribution is 6.28. The monoisotopic (exact) mass is 650 g/mol. The van der Waals surface area contributed by atoms with Gasteiger partial charge >= 0.3 is 11.9 Å². The lowest BCUT2D eigenvalue weighted by atomic mass is 9.87. The lowest BCUT2D eigenvalue weighted by Gasteiger charge is -2.33. The van der Waals surface area contributed by atoms with Gasteiger partial charge in [0.25, 0.3) is 0 Å². The second-order valence-corrected chi connectivity index (χ2v) is 11.3. The fourth-order valence-electron chi connectivity index (χ4n) is 5.53. The molecule has 2 aromatic heterocycles. The molecule has 1 unspecified atom stereocenters. The van der Waals surface area contributed by atoms with E-state index in [1.165, 1.54) is 23.9 Å². The fraction of sp³-hybridized carbons (Fsp3) is 0.310. The molecule has 46 heavy (non-hydrogen) atoms. The second-order valence-electron chi connectivity index (χ2n) is 11.0. The lowest BCUT2D eigenvalue weighted by Crippen LogP contribution is -2.55. The van der Waals surface area contributed by atoms with E-state index in [2.05, 4.69) is 30.4 Å². The van der Waals surface area contributed by atoms with Crippen LogP contribution in [0.25, 0.3) is 22.3 Å². The number of hydrogen-bond donors (Lipinski definition) is 5. The Morgan fingerprint density at radius 2 is 1.91 bits per heavy atom. The fourth-order valence-corrected chi connectivity index (χ4v) is 5.70. The maximum absolute atomic E-state index is 13.0. The summed E-state index contributed by atoms with van der Waals surface area (Å²) in [4.78, 5) is 36.8. The van der Waals surface area contributed by atoms with Crippen LogP contribution in [0.1, 0.15) is 29.1 Å². The number of aromatic carboxylic acids is 1. The Hall–Kier alpha value is -4.87. The Balaban J connectivity index is 1.28. The van der Waals surface area contributed by atoms with Gasteiger partial charge in [-0.05, 0) is 46.5 Å². The number of aliphatic hydroxyl groups is 2. The zero-order valence-corrected chi connectivity index (χ0v) is 24.8. The van der Waals surface area contributed by atoms with E-state index in [0.717, 1.165) is 0 Å². The van der Waals surface area contributed by atoms with Crippen LogP contribution in [-0.4, -0.2) is 94.2 Å². The standard InChI is InChI=1S/C29H27ClN8O8/c1-28(44)19(46-24(21(28)39)38-13-32-20-22(31)34-27(30)35-23(20)38)12-45-29(26(42)43,18-11-33-37-36-18)10-14-6-8-15(9-7-14)16-4-2-3-5-17(16)25(40)41/h2-9,13,19,21,24,39,44H,10-12H2,1H3,(H,40,41)(H,42,43)(H2,31,34,35)/t19-,21+,24-,28-,29?/m1/s1. The van der Waals surface area contributed by atoms with Crippen LogP contribution >= 0.6 is 11.6 Å². The summed E-state index contributed by atoms with van der Waals surface area (Å²) in [5.74, 6) is -2.47. The maximum atomic E-state index is 13.0. The molecule has 0 saturated carbocycles. The molecule has 17 heteroatoms. The van der Waals surface area contributed by atoms with Crippen LogP contribution in [0.15, 0.2) is 70.3 Å². The molecule has 2 aliphatic rings. The summed E-state index contributed by atoms with van der Waals surface area (Å²) in [6, 6.07) is 13.2. The van der Waals surface area contributed by atoms with Crippen LogP contribution < -0.4 is 5.73 Å². The summed E-state index contributed by atoms with van der Waals surface area (Å²) in [5, 5.41) is 53.7. The van der Waals surface area contributed by atoms with Crippen LogP contribution in [0.4, 0.5) is 5.82 Å². The van der Waals surface area contributed by atoms with Crippen molar-refractivity contribution in [3.8, 4) is 11.1 Å². The summed E-state index contributed by atoms with van der Waals surface area (Å²) in [6.45, 7) is 0.682. The van der Waals surface area contributed by atoms with Crippen molar-refractivity contribution in [3.05, 3.63) is 71.3 Å². The molecule has 4 heterocycles. The van der Waals surface area contributed by atoms with E-state index in [-0.39, 0.29) is 46.5 Å². The molecular weight excluding hydrogens is 624 g/mol. The third kappa shape index (κ3) is 5.35. The molecule has 1 saturated heterocycles.